The van der Waals surface area contributed by atoms with Gasteiger partial charge in [-0.3, -0.25) is 9.00 Å². The lowest BCUT2D eigenvalue weighted by Gasteiger charge is -2.31. The van der Waals surface area contributed by atoms with Crippen molar-refractivity contribution in [3.8, 4) is 0 Å². The normalized spacial score (nSPS) is 33.0. The predicted octanol–water partition coefficient (Wildman–Crippen LogP) is 1.41. The molecule has 0 aromatic rings. The number of methoxy groups -OCH3 is 1. The van der Waals surface area contributed by atoms with Gasteiger partial charge in [0, 0.05) is 16.6 Å². The Bertz CT molecular complexity index is 319. The van der Waals surface area contributed by atoms with Crippen LogP contribution in [0.25, 0.3) is 0 Å². The van der Waals surface area contributed by atoms with Crippen molar-refractivity contribution in [3.05, 3.63) is 11.1 Å². The maximum Gasteiger partial charge on any atom is 0.324 e. The molecule has 3 nitrogen and oxygen atoms in total. The average Bonchev–Trinajstić information content (AvgIpc) is 2.13. The lowest BCUT2D eigenvalue weighted by molar-refractivity contribution is -0.143. The van der Waals surface area contributed by atoms with Gasteiger partial charge >= 0.3 is 5.97 Å². The van der Waals surface area contributed by atoms with Crippen LogP contribution < -0.4 is 0 Å². The minimum Gasteiger partial charge on any atom is -0.468 e. The fourth-order valence-electron chi connectivity index (χ4n) is 1.60. The van der Waals surface area contributed by atoms with E-state index in [0.717, 1.165) is 11.1 Å². The zero-order chi connectivity index (χ0) is 10.9. The minimum absolute atomic E-state index is 0.373. The number of hydrogen-bond acceptors (Lipinski definition) is 3. The number of rotatable bonds is 1. The van der Waals surface area contributed by atoms with E-state index < -0.39 is 15.5 Å². The fourth-order valence-corrected chi connectivity index (χ4v) is 3.20. The van der Waals surface area contributed by atoms with Crippen LogP contribution in [-0.4, -0.2) is 27.8 Å². The molecule has 4 heteroatoms. The third-order valence-electron chi connectivity index (χ3n) is 2.80. The van der Waals surface area contributed by atoms with Gasteiger partial charge in [0.2, 0.25) is 0 Å². The highest BCUT2D eigenvalue weighted by molar-refractivity contribution is 7.87. The molecule has 0 radical (unpaired) electrons. The predicted molar refractivity (Wildman–Crippen MR) is 56.4 cm³/mol. The van der Waals surface area contributed by atoms with E-state index in [1.54, 1.807) is 6.92 Å². The van der Waals surface area contributed by atoms with E-state index in [9.17, 15) is 9.00 Å². The van der Waals surface area contributed by atoms with Gasteiger partial charge in [-0.25, -0.2) is 0 Å². The number of hydrogen-bond donors (Lipinski definition) is 0. The molecule has 0 aliphatic carbocycles. The van der Waals surface area contributed by atoms with Crippen molar-refractivity contribution in [2.24, 2.45) is 0 Å². The van der Waals surface area contributed by atoms with Crippen molar-refractivity contribution >= 4 is 16.8 Å². The number of carbonyl (C=O) groups is 1. The summed E-state index contributed by atoms with van der Waals surface area (Å²) in [5, 5.41) is 0. The Labute approximate surface area is 87.0 Å². The lowest BCUT2D eigenvalue weighted by atomic mass is 9.98. The van der Waals surface area contributed by atoms with Gasteiger partial charge in [-0.2, -0.15) is 0 Å². The Morgan fingerprint density at radius 3 is 2.50 bits per heavy atom. The van der Waals surface area contributed by atoms with Crippen molar-refractivity contribution in [1.29, 1.82) is 0 Å². The summed E-state index contributed by atoms with van der Waals surface area (Å²) < 4.78 is 15.7. The topological polar surface area (TPSA) is 43.4 Å². The Kier molecular flexibility index (Phi) is 3.14. The van der Waals surface area contributed by atoms with Crippen molar-refractivity contribution in [2.45, 2.75) is 31.9 Å². The largest absolute Gasteiger partial charge is 0.468 e. The van der Waals surface area contributed by atoms with Crippen LogP contribution >= 0.6 is 0 Å². The molecule has 0 bridgehead atoms. The smallest absolute Gasteiger partial charge is 0.324 e. The average molecular weight is 216 g/mol. The molecule has 0 saturated heterocycles. The maximum atomic E-state index is 11.8. The van der Waals surface area contributed by atoms with Crippen LogP contribution in [0.5, 0.6) is 0 Å². The highest BCUT2D eigenvalue weighted by atomic mass is 32.2. The SMILES string of the molecule is COC(=O)[C@]1(C)CC(C)=C(C)C[S@]1=O. The molecule has 0 aromatic carbocycles. The zero-order valence-electron chi connectivity index (χ0n) is 9.05. The van der Waals surface area contributed by atoms with Crippen LogP contribution in [0.3, 0.4) is 0 Å². The molecule has 14 heavy (non-hydrogen) atoms. The van der Waals surface area contributed by atoms with E-state index in [2.05, 4.69) is 0 Å². The second-order valence-electron chi connectivity index (χ2n) is 3.95. The first-order chi connectivity index (χ1) is 6.41. The molecule has 0 saturated carbocycles. The highest BCUT2D eigenvalue weighted by Crippen LogP contribution is 2.32. The maximum absolute atomic E-state index is 11.8. The van der Waals surface area contributed by atoms with E-state index in [1.807, 2.05) is 13.8 Å². The zero-order valence-corrected chi connectivity index (χ0v) is 9.86. The summed E-state index contributed by atoms with van der Waals surface area (Å²) in [4.78, 5) is 11.5. The van der Waals surface area contributed by atoms with Crippen LogP contribution in [0.4, 0.5) is 0 Å². The number of carbonyl (C=O) groups excluding carboxylic acids is 1. The van der Waals surface area contributed by atoms with Gasteiger partial charge in [0.1, 0.15) is 4.75 Å². The summed E-state index contributed by atoms with van der Waals surface area (Å²) in [6.45, 7) is 5.65. The van der Waals surface area contributed by atoms with Gasteiger partial charge < -0.3 is 4.74 Å². The van der Waals surface area contributed by atoms with Crippen LogP contribution in [0.15, 0.2) is 11.1 Å². The molecule has 0 amide bonds. The van der Waals surface area contributed by atoms with Gasteiger partial charge in [0.05, 0.1) is 7.11 Å². The quantitative estimate of drug-likeness (QED) is 0.491. The van der Waals surface area contributed by atoms with Crippen LogP contribution in [0, 0.1) is 0 Å². The van der Waals surface area contributed by atoms with Gasteiger partial charge in [-0.05, 0) is 27.2 Å². The lowest BCUT2D eigenvalue weighted by Crippen LogP contribution is -2.44. The Hall–Kier alpha value is -0.640. The van der Waals surface area contributed by atoms with Crippen LogP contribution in [-0.2, 0) is 20.3 Å². The molecule has 1 heterocycles. The van der Waals surface area contributed by atoms with Crippen molar-refractivity contribution < 1.29 is 13.7 Å². The number of ether oxygens (including phenoxy) is 1. The molecule has 1 aliphatic heterocycles. The summed E-state index contributed by atoms with van der Waals surface area (Å²) in [6, 6.07) is 0. The first-order valence-electron chi connectivity index (χ1n) is 4.54. The second kappa shape index (κ2) is 3.85. The summed E-state index contributed by atoms with van der Waals surface area (Å²) in [5.41, 5.74) is 2.28. The number of allylic oxidation sites excluding steroid dienone is 1. The summed E-state index contributed by atoms with van der Waals surface area (Å²) in [6.07, 6.45) is 0.540. The van der Waals surface area contributed by atoms with Gasteiger partial charge in [0.15, 0.2) is 0 Å². The highest BCUT2D eigenvalue weighted by Gasteiger charge is 2.43. The third-order valence-corrected chi connectivity index (χ3v) is 4.81. The van der Waals surface area contributed by atoms with Crippen LogP contribution in [0.2, 0.25) is 0 Å². The fraction of sp³-hybridized carbons (Fsp3) is 0.700. The first-order valence-corrected chi connectivity index (χ1v) is 5.86. The summed E-state index contributed by atoms with van der Waals surface area (Å²) >= 11 is 0. The van der Waals surface area contributed by atoms with Crippen LogP contribution in [0.1, 0.15) is 27.2 Å². The van der Waals surface area contributed by atoms with E-state index in [4.69, 9.17) is 4.74 Å². The first kappa shape index (κ1) is 11.4. The Balaban J connectivity index is 3.03. The molecular formula is C10H16O3S. The molecule has 80 valence electrons. The molecule has 2 atom stereocenters. The van der Waals surface area contributed by atoms with E-state index >= 15 is 0 Å². The van der Waals surface area contributed by atoms with E-state index in [0.29, 0.717) is 12.2 Å². The minimum atomic E-state index is -1.16. The Morgan fingerprint density at radius 2 is 2.00 bits per heavy atom. The standard InChI is InChI=1S/C10H16O3S/c1-7-5-10(3,9(11)13-4)14(12)6-8(7)2/h5-6H2,1-4H3/t10-,14+/m0/s1. The summed E-state index contributed by atoms with van der Waals surface area (Å²) in [5.74, 6) is 0.111. The molecule has 0 spiro atoms. The summed E-state index contributed by atoms with van der Waals surface area (Å²) in [7, 11) is 0.182. The molecule has 0 N–H and O–H groups in total. The third kappa shape index (κ3) is 1.75. The molecular weight excluding hydrogens is 200 g/mol. The van der Waals surface area contributed by atoms with Gasteiger partial charge in [0.25, 0.3) is 0 Å². The molecule has 1 aliphatic rings. The monoisotopic (exact) mass is 216 g/mol. The molecule has 0 fully saturated rings. The van der Waals surface area contributed by atoms with Gasteiger partial charge in [-0.15, -0.1) is 0 Å². The molecule has 0 unspecified atom stereocenters. The molecule has 0 aromatic heterocycles. The van der Waals surface area contributed by atoms with Crippen molar-refractivity contribution in [1.82, 2.24) is 0 Å². The second-order valence-corrected chi connectivity index (χ2v) is 5.83. The van der Waals surface area contributed by atoms with Crippen molar-refractivity contribution in [2.75, 3.05) is 12.9 Å². The van der Waals surface area contributed by atoms with E-state index in [1.165, 1.54) is 7.11 Å². The van der Waals surface area contributed by atoms with Crippen molar-refractivity contribution in [3.63, 3.8) is 0 Å². The van der Waals surface area contributed by atoms with Gasteiger partial charge in [-0.1, -0.05) is 11.1 Å². The van der Waals surface area contributed by atoms with E-state index in [-0.39, 0.29) is 5.97 Å². The molecule has 1 rings (SSSR count). The Morgan fingerprint density at radius 1 is 1.43 bits per heavy atom. The number of esters is 1.